The van der Waals surface area contributed by atoms with Crippen LogP contribution >= 0.6 is 13.5 Å². The maximum atomic E-state index is 12.3. The monoisotopic (exact) mass is 555 g/mol. The average Bonchev–Trinajstić information content (AvgIpc) is 3.40. The van der Waals surface area contributed by atoms with E-state index in [1.165, 1.54) is 0 Å². The highest BCUT2D eigenvalue weighted by Crippen LogP contribution is 2.27. The second-order valence-electron chi connectivity index (χ2n) is 9.37. The lowest BCUT2D eigenvalue weighted by molar-refractivity contribution is 0.0964. The summed E-state index contributed by atoms with van der Waals surface area (Å²) in [6.45, 7) is 5.44. The normalized spacial score (nSPS) is 11.5. The van der Waals surface area contributed by atoms with Crippen LogP contribution in [-0.2, 0) is 6.42 Å². The maximum Gasteiger partial charge on any atom is 0.251 e. The van der Waals surface area contributed by atoms with Crippen molar-refractivity contribution in [3.05, 3.63) is 96.0 Å². The summed E-state index contributed by atoms with van der Waals surface area (Å²) in [4.78, 5) is 30.3. The molecule has 5 aromatic rings. The van der Waals surface area contributed by atoms with Gasteiger partial charge < -0.3 is 20.4 Å². The first-order valence-corrected chi connectivity index (χ1v) is 12.9. The molecule has 0 bridgehead atoms. The molecule has 9 nitrogen and oxygen atoms in total. The Kier molecular flexibility index (Phi) is 9.34. The molecule has 206 valence electrons. The van der Waals surface area contributed by atoms with E-state index in [2.05, 4.69) is 48.9 Å². The highest BCUT2D eigenvalue weighted by molar-refractivity contribution is 7.59. The number of fused-ring (bicyclic) bond motifs is 1. The molecule has 0 fully saturated rings. The zero-order valence-corrected chi connectivity index (χ0v) is 23.7. The summed E-state index contributed by atoms with van der Waals surface area (Å²) in [5.74, 6) is 3.39. The van der Waals surface area contributed by atoms with Crippen molar-refractivity contribution in [2.75, 3.05) is 30.8 Å². The molecule has 0 aliphatic heterocycles. The van der Waals surface area contributed by atoms with Gasteiger partial charge in [0.2, 0.25) is 0 Å². The van der Waals surface area contributed by atoms with Crippen LogP contribution in [0.5, 0.6) is 0 Å². The summed E-state index contributed by atoms with van der Waals surface area (Å²) in [6.07, 6.45) is 5.83. The van der Waals surface area contributed by atoms with E-state index in [1.54, 1.807) is 31.8 Å². The van der Waals surface area contributed by atoms with Crippen LogP contribution in [0.4, 0.5) is 11.6 Å². The van der Waals surface area contributed by atoms with Gasteiger partial charge in [-0.05, 0) is 42.8 Å². The standard InChI is InChI=1S/C30H31N7O2.H2S/c1-19(23-5-4-6-24-25(30(38)31-3)12-14-33-29(23)24)16-34-28-15-26(36-18-37-28)21-8-10-27(35-17-21)32-13-11-22-9-7-20(2)39-22;/h4-10,12,14-15,17-19H,11,13,16H2,1-3H3,(H,31,38)(H,32,35)(H,34,36,37);1H2/t19-;/m1./s1. The van der Waals surface area contributed by atoms with Gasteiger partial charge >= 0.3 is 0 Å². The van der Waals surface area contributed by atoms with Gasteiger partial charge in [-0.2, -0.15) is 13.5 Å². The Morgan fingerprint density at radius 3 is 2.60 bits per heavy atom. The van der Waals surface area contributed by atoms with Crippen molar-refractivity contribution in [3.8, 4) is 11.3 Å². The number of hydrogen-bond donors (Lipinski definition) is 3. The molecule has 1 amide bonds. The number of rotatable bonds is 10. The number of para-hydroxylation sites is 1. The number of carbonyl (C=O) groups excluding carboxylic acids is 1. The molecule has 0 spiro atoms. The average molecular weight is 556 g/mol. The van der Waals surface area contributed by atoms with E-state index in [0.717, 1.165) is 63.8 Å². The van der Waals surface area contributed by atoms with Gasteiger partial charge in [-0.3, -0.25) is 9.78 Å². The van der Waals surface area contributed by atoms with Gasteiger partial charge in [0, 0.05) is 61.9 Å². The first kappa shape index (κ1) is 28.6. The number of aryl methyl sites for hydroxylation is 1. The van der Waals surface area contributed by atoms with Crippen LogP contribution in [0.15, 0.2) is 77.7 Å². The summed E-state index contributed by atoms with van der Waals surface area (Å²) < 4.78 is 5.61. The Hall–Kier alpha value is -4.44. The third-order valence-corrected chi connectivity index (χ3v) is 6.59. The molecule has 0 saturated carbocycles. The Bertz CT molecular complexity index is 1590. The molecule has 5 rings (SSSR count). The number of pyridine rings is 2. The molecule has 0 radical (unpaired) electrons. The lowest BCUT2D eigenvalue weighted by atomic mass is 9.96. The number of carbonyl (C=O) groups is 1. The van der Waals surface area contributed by atoms with Crippen molar-refractivity contribution < 1.29 is 9.21 Å². The molecule has 40 heavy (non-hydrogen) atoms. The van der Waals surface area contributed by atoms with Gasteiger partial charge in [0.25, 0.3) is 5.91 Å². The Morgan fingerprint density at radius 1 is 0.975 bits per heavy atom. The summed E-state index contributed by atoms with van der Waals surface area (Å²) >= 11 is 0. The van der Waals surface area contributed by atoms with Crippen molar-refractivity contribution >= 4 is 41.9 Å². The van der Waals surface area contributed by atoms with E-state index in [9.17, 15) is 4.79 Å². The molecular formula is C30H33N7O2S. The van der Waals surface area contributed by atoms with Crippen molar-refractivity contribution in [2.24, 2.45) is 0 Å². The van der Waals surface area contributed by atoms with Crippen molar-refractivity contribution in [1.29, 1.82) is 0 Å². The zero-order valence-electron chi connectivity index (χ0n) is 22.7. The van der Waals surface area contributed by atoms with Gasteiger partial charge in [0.15, 0.2) is 0 Å². The SMILES string of the molecule is CNC(=O)c1ccnc2c([C@H](C)CNc3cc(-c4ccc(NCCc5ccc(C)o5)nc4)ncn3)cccc12.S. The van der Waals surface area contributed by atoms with Gasteiger partial charge in [0.05, 0.1) is 16.8 Å². The zero-order chi connectivity index (χ0) is 27.2. The van der Waals surface area contributed by atoms with Gasteiger partial charge in [-0.15, -0.1) is 0 Å². The summed E-state index contributed by atoms with van der Waals surface area (Å²) in [7, 11) is 1.63. The van der Waals surface area contributed by atoms with E-state index in [1.807, 2.05) is 49.4 Å². The van der Waals surface area contributed by atoms with Crippen LogP contribution in [0.25, 0.3) is 22.2 Å². The molecule has 4 aromatic heterocycles. The molecule has 1 aromatic carbocycles. The van der Waals surface area contributed by atoms with Crippen LogP contribution in [0.3, 0.4) is 0 Å². The third-order valence-electron chi connectivity index (χ3n) is 6.59. The number of hydrogen-bond acceptors (Lipinski definition) is 8. The summed E-state index contributed by atoms with van der Waals surface area (Å²) in [5, 5.41) is 10.3. The quantitative estimate of drug-likeness (QED) is 0.212. The Balaban J connectivity index is 0.00000370. The molecular weight excluding hydrogens is 522 g/mol. The maximum absolute atomic E-state index is 12.3. The fraction of sp³-hybridized carbons (Fsp3) is 0.233. The van der Waals surface area contributed by atoms with Crippen LogP contribution in [0.1, 0.15) is 40.3 Å². The number of furan rings is 1. The first-order valence-electron chi connectivity index (χ1n) is 12.9. The minimum absolute atomic E-state index is 0. The second kappa shape index (κ2) is 13.1. The fourth-order valence-corrected chi connectivity index (χ4v) is 4.49. The van der Waals surface area contributed by atoms with Crippen LogP contribution < -0.4 is 16.0 Å². The molecule has 1 atom stereocenters. The Morgan fingerprint density at radius 2 is 1.85 bits per heavy atom. The number of anilines is 2. The molecule has 0 saturated heterocycles. The van der Waals surface area contributed by atoms with Gasteiger partial charge in [-0.25, -0.2) is 15.0 Å². The van der Waals surface area contributed by atoms with Gasteiger partial charge in [0.1, 0.15) is 29.5 Å². The van der Waals surface area contributed by atoms with E-state index in [-0.39, 0.29) is 25.3 Å². The second-order valence-corrected chi connectivity index (χ2v) is 9.37. The number of nitrogens with one attached hydrogen (secondary N) is 3. The smallest absolute Gasteiger partial charge is 0.251 e. The largest absolute Gasteiger partial charge is 0.466 e. The molecule has 0 aliphatic rings. The van der Waals surface area contributed by atoms with Crippen LogP contribution in [0.2, 0.25) is 0 Å². The van der Waals surface area contributed by atoms with Crippen LogP contribution in [0, 0.1) is 6.92 Å². The van der Waals surface area contributed by atoms with E-state index < -0.39 is 0 Å². The molecule has 0 aliphatic carbocycles. The minimum atomic E-state index is -0.124. The molecule has 10 heteroatoms. The molecule has 3 N–H and O–H groups in total. The third kappa shape index (κ3) is 6.58. The number of nitrogens with zero attached hydrogens (tertiary/aromatic N) is 4. The highest BCUT2D eigenvalue weighted by Gasteiger charge is 2.15. The molecule has 4 heterocycles. The predicted octanol–water partition coefficient (Wildman–Crippen LogP) is 5.33. The summed E-state index contributed by atoms with van der Waals surface area (Å²) in [5.41, 5.74) is 4.20. The van der Waals surface area contributed by atoms with Crippen molar-refractivity contribution in [1.82, 2.24) is 25.3 Å². The predicted molar refractivity (Wildman–Crippen MR) is 163 cm³/mol. The van der Waals surface area contributed by atoms with E-state index in [0.29, 0.717) is 12.1 Å². The first-order chi connectivity index (χ1) is 19.0. The van der Waals surface area contributed by atoms with Crippen molar-refractivity contribution in [3.63, 3.8) is 0 Å². The van der Waals surface area contributed by atoms with Crippen molar-refractivity contribution in [2.45, 2.75) is 26.2 Å². The number of aromatic nitrogens is 4. The van der Waals surface area contributed by atoms with Crippen LogP contribution in [-0.4, -0.2) is 46.0 Å². The highest BCUT2D eigenvalue weighted by atomic mass is 32.1. The Labute approximate surface area is 240 Å². The number of benzene rings is 1. The van der Waals surface area contributed by atoms with E-state index >= 15 is 0 Å². The minimum Gasteiger partial charge on any atom is -0.466 e. The van der Waals surface area contributed by atoms with E-state index in [4.69, 9.17) is 4.42 Å². The summed E-state index contributed by atoms with van der Waals surface area (Å²) in [6, 6.07) is 17.5. The van der Waals surface area contributed by atoms with Gasteiger partial charge in [-0.1, -0.05) is 25.1 Å². The fourth-order valence-electron chi connectivity index (χ4n) is 4.49. The lowest BCUT2D eigenvalue weighted by Crippen LogP contribution is -2.18. The number of amides is 1. The topological polar surface area (TPSA) is 118 Å². The lowest BCUT2D eigenvalue weighted by Gasteiger charge is -2.16. The molecule has 0 unspecified atom stereocenters.